The molecule has 90 valence electrons. The molecule has 0 bridgehead atoms. The number of aromatic nitrogens is 2. The van der Waals surface area contributed by atoms with E-state index < -0.39 is 0 Å². The highest BCUT2D eigenvalue weighted by Gasteiger charge is 2.00. The molecule has 0 aliphatic heterocycles. The SMILES string of the molecule is CCN(CC)CCCNc1ncncc1N. The van der Waals surface area contributed by atoms with Gasteiger partial charge in [-0.1, -0.05) is 13.8 Å². The molecule has 0 unspecified atom stereocenters. The van der Waals surface area contributed by atoms with Crippen molar-refractivity contribution < 1.29 is 0 Å². The first-order valence-electron chi connectivity index (χ1n) is 5.79. The van der Waals surface area contributed by atoms with Gasteiger partial charge in [0.05, 0.1) is 11.9 Å². The fourth-order valence-corrected chi connectivity index (χ4v) is 1.54. The van der Waals surface area contributed by atoms with Gasteiger partial charge in [-0.25, -0.2) is 9.97 Å². The molecule has 1 rings (SSSR count). The quantitative estimate of drug-likeness (QED) is 0.680. The highest BCUT2D eigenvalue weighted by atomic mass is 15.1. The second-order valence-electron chi connectivity index (χ2n) is 3.63. The van der Waals surface area contributed by atoms with Gasteiger partial charge in [0.25, 0.3) is 0 Å². The van der Waals surface area contributed by atoms with Crippen molar-refractivity contribution in [3.8, 4) is 0 Å². The highest BCUT2D eigenvalue weighted by molar-refractivity contribution is 5.58. The van der Waals surface area contributed by atoms with Crippen LogP contribution in [0.5, 0.6) is 0 Å². The Kier molecular flexibility index (Phi) is 5.56. The summed E-state index contributed by atoms with van der Waals surface area (Å²) in [7, 11) is 0. The minimum absolute atomic E-state index is 0.602. The first-order chi connectivity index (χ1) is 7.77. The van der Waals surface area contributed by atoms with Crippen LogP contribution in [0.3, 0.4) is 0 Å². The normalized spacial score (nSPS) is 10.7. The van der Waals surface area contributed by atoms with E-state index in [1.54, 1.807) is 6.20 Å². The van der Waals surface area contributed by atoms with Gasteiger partial charge < -0.3 is 16.0 Å². The molecule has 0 aliphatic carbocycles. The summed E-state index contributed by atoms with van der Waals surface area (Å²) >= 11 is 0. The van der Waals surface area contributed by atoms with Crippen LogP contribution in [0, 0.1) is 0 Å². The molecule has 1 heterocycles. The fourth-order valence-electron chi connectivity index (χ4n) is 1.54. The molecule has 5 nitrogen and oxygen atoms in total. The average Bonchev–Trinajstić information content (AvgIpc) is 2.31. The Labute approximate surface area is 97.1 Å². The molecule has 0 saturated heterocycles. The Bertz CT molecular complexity index is 298. The molecule has 0 fully saturated rings. The first-order valence-corrected chi connectivity index (χ1v) is 5.79. The third-order valence-corrected chi connectivity index (χ3v) is 2.58. The van der Waals surface area contributed by atoms with Gasteiger partial charge in [-0.2, -0.15) is 0 Å². The number of hydrogen-bond acceptors (Lipinski definition) is 5. The van der Waals surface area contributed by atoms with Gasteiger partial charge in [0.15, 0.2) is 5.82 Å². The van der Waals surface area contributed by atoms with Crippen molar-refractivity contribution in [3.05, 3.63) is 12.5 Å². The monoisotopic (exact) mass is 223 g/mol. The summed E-state index contributed by atoms with van der Waals surface area (Å²) in [6.07, 6.45) is 4.20. The van der Waals surface area contributed by atoms with E-state index in [1.165, 1.54) is 6.33 Å². The van der Waals surface area contributed by atoms with E-state index in [-0.39, 0.29) is 0 Å². The van der Waals surface area contributed by atoms with Crippen LogP contribution in [0.15, 0.2) is 12.5 Å². The topological polar surface area (TPSA) is 67.1 Å². The number of nitrogen functional groups attached to an aromatic ring is 1. The van der Waals surface area contributed by atoms with Gasteiger partial charge in [0.2, 0.25) is 0 Å². The van der Waals surface area contributed by atoms with Crippen molar-refractivity contribution in [2.45, 2.75) is 20.3 Å². The summed E-state index contributed by atoms with van der Waals surface area (Å²) < 4.78 is 0. The van der Waals surface area contributed by atoms with Crippen LogP contribution < -0.4 is 11.1 Å². The van der Waals surface area contributed by atoms with Crippen molar-refractivity contribution in [2.24, 2.45) is 0 Å². The molecule has 1 aromatic rings. The van der Waals surface area contributed by atoms with Crippen molar-refractivity contribution >= 4 is 11.5 Å². The molecular weight excluding hydrogens is 202 g/mol. The zero-order chi connectivity index (χ0) is 11.8. The molecule has 0 aliphatic rings. The van der Waals surface area contributed by atoms with Gasteiger partial charge in [0.1, 0.15) is 6.33 Å². The minimum atomic E-state index is 0.602. The fraction of sp³-hybridized carbons (Fsp3) is 0.636. The van der Waals surface area contributed by atoms with Gasteiger partial charge in [-0.3, -0.25) is 0 Å². The third-order valence-electron chi connectivity index (χ3n) is 2.58. The Balaban J connectivity index is 2.23. The summed E-state index contributed by atoms with van der Waals surface area (Å²) in [6.45, 7) is 8.56. The van der Waals surface area contributed by atoms with E-state index in [4.69, 9.17) is 5.73 Å². The predicted octanol–water partition coefficient (Wildman–Crippen LogP) is 1.20. The second kappa shape index (κ2) is 7.00. The van der Waals surface area contributed by atoms with Gasteiger partial charge in [-0.15, -0.1) is 0 Å². The molecule has 1 aromatic heterocycles. The van der Waals surface area contributed by atoms with E-state index in [1.807, 2.05) is 0 Å². The summed E-state index contributed by atoms with van der Waals surface area (Å²) in [5.41, 5.74) is 6.32. The van der Waals surface area contributed by atoms with Crippen LogP contribution in [-0.2, 0) is 0 Å². The number of nitrogens with one attached hydrogen (secondary N) is 1. The smallest absolute Gasteiger partial charge is 0.152 e. The molecular formula is C11H21N5. The minimum Gasteiger partial charge on any atom is -0.394 e. The Morgan fingerprint density at radius 1 is 1.38 bits per heavy atom. The summed E-state index contributed by atoms with van der Waals surface area (Å²) in [5, 5.41) is 3.21. The zero-order valence-electron chi connectivity index (χ0n) is 10.1. The molecule has 0 aromatic carbocycles. The maximum Gasteiger partial charge on any atom is 0.152 e. The van der Waals surface area contributed by atoms with Gasteiger partial charge >= 0.3 is 0 Å². The molecule has 0 atom stereocenters. The summed E-state index contributed by atoms with van der Waals surface area (Å²) in [5.74, 6) is 0.731. The van der Waals surface area contributed by atoms with Crippen LogP contribution in [0.1, 0.15) is 20.3 Å². The number of hydrogen-bond donors (Lipinski definition) is 2. The van der Waals surface area contributed by atoms with Crippen LogP contribution >= 0.6 is 0 Å². The lowest BCUT2D eigenvalue weighted by atomic mass is 10.3. The average molecular weight is 223 g/mol. The summed E-state index contributed by atoms with van der Waals surface area (Å²) in [4.78, 5) is 10.3. The number of nitrogens with zero attached hydrogens (tertiary/aromatic N) is 3. The maximum absolute atomic E-state index is 5.72. The van der Waals surface area contributed by atoms with Crippen molar-refractivity contribution in [1.82, 2.24) is 14.9 Å². The van der Waals surface area contributed by atoms with Crippen LogP contribution in [0.2, 0.25) is 0 Å². The molecule has 5 heteroatoms. The largest absolute Gasteiger partial charge is 0.394 e. The molecule has 0 amide bonds. The van der Waals surface area contributed by atoms with E-state index in [9.17, 15) is 0 Å². The van der Waals surface area contributed by atoms with Crippen LogP contribution in [-0.4, -0.2) is 41.0 Å². The maximum atomic E-state index is 5.72. The van der Waals surface area contributed by atoms with E-state index in [0.717, 1.165) is 38.4 Å². The molecule has 0 spiro atoms. The highest BCUT2D eigenvalue weighted by Crippen LogP contribution is 2.10. The van der Waals surface area contributed by atoms with Crippen molar-refractivity contribution in [1.29, 1.82) is 0 Å². The Hall–Kier alpha value is -1.36. The lowest BCUT2D eigenvalue weighted by Crippen LogP contribution is -2.25. The van der Waals surface area contributed by atoms with Crippen molar-refractivity contribution in [2.75, 3.05) is 37.2 Å². The van der Waals surface area contributed by atoms with Crippen LogP contribution in [0.25, 0.3) is 0 Å². The standard InChI is InChI=1S/C11H21N5/c1-3-16(4-2)7-5-6-14-11-10(12)8-13-9-15-11/h8-9H,3-7,12H2,1-2H3,(H,13,14,15). The van der Waals surface area contributed by atoms with E-state index in [0.29, 0.717) is 5.69 Å². The van der Waals surface area contributed by atoms with E-state index >= 15 is 0 Å². The lowest BCUT2D eigenvalue weighted by molar-refractivity contribution is 0.303. The van der Waals surface area contributed by atoms with Crippen LogP contribution in [0.4, 0.5) is 11.5 Å². The lowest BCUT2D eigenvalue weighted by Gasteiger charge is -2.17. The van der Waals surface area contributed by atoms with Crippen molar-refractivity contribution in [3.63, 3.8) is 0 Å². The second-order valence-corrected chi connectivity index (χ2v) is 3.63. The molecule has 0 radical (unpaired) electrons. The van der Waals surface area contributed by atoms with Gasteiger partial charge in [-0.05, 0) is 26.1 Å². The molecule has 16 heavy (non-hydrogen) atoms. The Morgan fingerprint density at radius 3 is 2.75 bits per heavy atom. The predicted molar refractivity (Wildman–Crippen MR) is 67.3 cm³/mol. The third kappa shape index (κ3) is 4.02. The Morgan fingerprint density at radius 2 is 2.12 bits per heavy atom. The molecule has 0 saturated carbocycles. The number of rotatable bonds is 7. The number of nitrogens with two attached hydrogens (primary N) is 1. The summed E-state index contributed by atoms with van der Waals surface area (Å²) in [6, 6.07) is 0. The van der Waals surface area contributed by atoms with Gasteiger partial charge in [0, 0.05) is 6.54 Å². The first kappa shape index (κ1) is 12.7. The zero-order valence-corrected chi connectivity index (χ0v) is 10.1. The molecule has 3 N–H and O–H groups in total. The van der Waals surface area contributed by atoms with E-state index in [2.05, 4.69) is 34.0 Å². The number of anilines is 2.